The zero-order chi connectivity index (χ0) is 11.8. The van der Waals surface area contributed by atoms with E-state index in [1.807, 2.05) is 0 Å². The SMILES string of the molecule is CCCN1Cc2ccc(OC)cc2CC2CC21. The van der Waals surface area contributed by atoms with E-state index in [1.165, 1.54) is 36.9 Å². The quantitative estimate of drug-likeness (QED) is 0.793. The minimum Gasteiger partial charge on any atom is -0.497 e. The Kier molecular flexibility index (Phi) is 2.83. The molecule has 92 valence electrons. The molecule has 3 rings (SSSR count). The molecule has 2 nitrogen and oxygen atoms in total. The zero-order valence-corrected chi connectivity index (χ0v) is 10.8. The number of ether oxygens (including phenoxy) is 1. The zero-order valence-electron chi connectivity index (χ0n) is 10.8. The third-order valence-corrected chi connectivity index (χ3v) is 4.13. The Bertz CT molecular complexity index is 415. The van der Waals surface area contributed by atoms with Gasteiger partial charge in [0.25, 0.3) is 0 Å². The van der Waals surface area contributed by atoms with Crippen LogP contribution in [0.15, 0.2) is 18.2 Å². The van der Waals surface area contributed by atoms with Crippen molar-refractivity contribution in [2.75, 3.05) is 13.7 Å². The van der Waals surface area contributed by atoms with Gasteiger partial charge in [-0.2, -0.15) is 0 Å². The molecule has 1 aliphatic carbocycles. The molecule has 0 amide bonds. The van der Waals surface area contributed by atoms with E-state index in [0.29, 0.717) is 0 Å². The van der Waals surface area contributed by atoms with Crippen LogP contribution >= 0.6 is 0 Å². The smallest absolute Gasteiger partial charge is 0.119 e. The summed E-state index contributed by atoms with van der Waals surface area (Å²) in [6, 6.07) is 7.44. The predicted molar refractivity (Wildman–Crippen MR) is 69.3 cm³/mol. The Morgan fingerprint density at radius 2 is 2.24 bits per heavy atom. The van der Waals surface area contributed by atoms with E-state index >= 15 is 0 Å². The molecule has 17 heavy (non-hydrogen) atoms. The summed E-state index contributed by atoms with van der Waals surface area (Å²) >= 11 is 0. The summed E-state index contributed by atoms with van der Waals surface area (Å²) in [5.74, 6) is 1.90. The summed E-state index contributed by atoms with van der Waals surface area (Å²) in [4.78, 5) is 2.67. The third-order valence-electron chi connectivity index (χ3n) is 4.13. The van der Waals surface area contributed by atoms with Gasteiger partial charge in [-0.3, -0.25) is 4.90 Å². The van der Waals surface area contributed by atoms with Gasteiger partial charge in [-0.25, -0.2) is 0 Å². The Labute approximate surface area is 104 Å². The summed E-state index contributed by atoms with van der Waals surface area (Å²) < 4.78 is 5.33. The van der Waals surface area contributed by atoms with Crippen LogP contribution in [0.4, 0.5) is 0 Å². The fourth-order valence-electron chi connectivity index (χ4n) is 3.12. The second kappa shape index (κ2) is 4.34. The van der Waals surface area contributed by atoms with Crippen molar-refractivity contribution in [1.82, 2.24) is 4.90 Å². The molecule has 1 aliphatic heterocycles. The summed E-state index contributed by atoms with van der Waals surface area (Å²) in [5, 5.41) is 0. The van der Waals surface area contributed by atoms with Crippen LogP contribution in [-0.4, -0.2) is 24.6 Å². The molecule has 0 saturated heterocycles. The molecule has 1 fully saturated rings. The van der Waals surface area contributed by atoms with E-state index in [1.54, 1.807) is 7.11 Å². The number of benzene rings is 1. The molecule has 2 unspecified atom stereocenters. The van der Waals surface area contributed by atoms with Crippen LogP contribution in [-0.2, 0) is 13.0 Å². The summed E-state index contributed by atoms with van der Waals surface area (Å²) in [7, 11) is 1.75. The maximum atomic E-state index is 5.33. The van der Waals surface area contributed by atoms with Gasteiger partial charge >= 0.3 is 0 Å². The second-order valence-electron chi connectivity index (χ2n) is 5.37. The van der Waals surface area contributed by atoms with Crippen molar-refractivity contribution in [2.24, 2.45) is 5.92 Å². The molecule has 0 N–H and O–H groups in total. The number of rotatable bonds is 3. The van der Waals surface area contributed by atoms with Crippen LogP contribution < -0.4 is 4.74 Å². The standard InChI is InChI=1S/C15H21NO/c1-3-6-16-10-11-4-5-14(17-2)8-12(11)7-13-9-15(13)16/h4-5,8,13,15H,3,6-7,9-10H2,1-2H3. The predicted octanol–water partition coefficient (Wildman–Crippen LogP) is 2.85. The lowest BCUT2D eigenvalue weighted by molar-refractivity contribution is 0.249. The van der Waals surface area contributed by atoms with E-state index in [0.717, 1.165) is 24.3 Å². The Morgan fingerprint density at radius 3 is 3.00 bits per heavy atom. The molecule has 0 spiro atoms. The van der Waals surface area contributed by atoms with Crippen molar-refractivity contribution >= 4 is 0 Å². The van der Waals surface area contributed by atoms with Crippen molar-refractivity contribution < 1.29 is 4.74 Å². The van der Waals surface area contributed by atoms with Gasteiger partial charge in [0.1, 0.15) is 5.75 Å². The van der Waals surface area contributed by atoms with Gasteiger partial charge in [0.05, 0.1) is 7.11 Å². The third kappa shape index (κ3) is 2.06. The maximum Gasteiger partial charge on any atom is 0.119 e. The van der Waals surface area contributed by atoms with Crippen molar-refractivity contribution in [1.29, 1.82) is 0 Å². The number of fused-ring (bicyclic) bond motifs is 2. The molecule has 0 aromatic heterocycles. The van der Waals surface area contributed by atoms with E-state index in [4.69, 9.17) is 4.74 Å². The highest BCUT2D eigenvalue weighted by atomic mass is 16.5. The molecular weight excluding hydrogens is 210 g/mol. The first-order valence-electron chi connectivity index (χ1n) is 6.71. The number of methoxy groups -OCH3 is 1. The van der Waals surface area contributed by atoms with E-state index < -0.39 is 0 Å². The Hall–Kier alpha value is -1.02. The first-order valence-corrected chi connectivity index (χ1v) is 6.71. The fraction of sp³-hybridized carbons (Fsp3) is 0.600. The van der Waals surface area contributed by atoms with Crippen LogP contribution in [0, 0.1) is 5.92 Å². The van der Waals surface area contributed by atoms with E-state index in [2.05, 4.69) is 30.0 Å². The summed E-state index contributed by atoms with van der Waals surface area (Å²) in [6.45, 7) is 4.65. The van der Waals surface area contributed by atoms with Gasteiger partial charge in [0.15, 0.2) is 0 Å². The van der Waals surface area contributed by atoms with Crippen molar-refractivity contribution in [3.63, 3.8) is 0 Å². The van der Waals surface area contributed by atoms with E-state index in [9.17, 15) is 0 Å². The fourth-order valence-corrected chi connectivity index (χ4v) is 3.12. The molecule has 0 radical (unpaired) electrons. The maximum absolute atomic E-state index is 5.33. The van der Waals surface area contributed by atoms with Crippen molar-refractivity contribution in [3.05, 3.63) is 29.3 Å². The largest absolute Gasteiger partial charge is 0.497 e. The number of hydrogen-bond acceptors (Lipinski definition) is 2. The monoisotopic (exact) mass is 231 g/mol. The average molecular weight is 231 g/mol. The highest BCUT2D eigenvalue weighted by Gasteiger charge is 2.43. The minimum atomic E-state index is 0.855. The molecule has 1 aromatic rings. The number of nitrogens with zero attached hydrogens (tertiary/aromatic N) is 1. The molecule has 2 aliphatic rings. The average Bonchev–Trinajstić information content (AvgIpc) is 3.09. The lowest BCUT2D eigenvalue weighted by atomic mass is 10.0. The second-order valence-corrected chi connectivity index (χ2v) is 5.37. The topological polar surface area (TPSA) is 12.5 Å². The van der Waals surface area contributed by atoms with E-state index in [-0.39, 0.29) is 0 Å². The molecule has 1 aromatic carbocycles. The van der Waals surface area contributed by atoms with Crippen molar-refractivity contribution in [3.8, 4) is 5.75 Å². The molecule has 2 atom stereocenters. The summed E-state index contributed by atoms with van der Waals surface area (Å²) in [5.41, 5.74) is 3.02. The van der Waals surface area contributed by atoms with Crippen LogP contribution in [0.2, 0.25) is 0 Å². The first kappa shape index (κ1) is 11.1. The van der Waals surface area contributed by atoms with Gasteiger partial charge in [0, 0.05) is 12.6 Å². The Balaban J connectivity index is 1.88. The number of hydrogen-bond donors (Lipinski definition) is 0. The molecular formula is C15H21NO. The van der Waals surface area contributed by atoms with Gasteiger partial charge in [-0.05, 0) is 55.0 Å². The van der Waals surface area contributed by atoms with Gasteiger partial charge in [-0.1, -0.05) is 13.0 Å². The van der Waals surface area contributed by atoms with Gasteiger partial charge in [-0.15, -0.1) is 0 Å². The molecule has 2 heteroatoms. The van der Waals surface area contributed by atoms with Crippen LogP contribution in [0.25, 0.3) is 0 Å². The van der Waals surface area contributed by atoms with Gasteiger partial charge < -0.3 is 4.74 Å². The molecule has 1 saturated carbocycles. The normalized spacial score (nSPS) is 26.9. The van der Waals surface area contributed by atoms with Crippen LogP contribution in [0.3, 0.4) is 0 Å². The highest BCUT2D eigenvalue weighted by Crippen LogP contribution is 2.43. The molecule has 1 heterocycles. The lowest BCUT2D eigenvalue weighted by Gasteiger charge is -2.21. The lowest BCUT2D eigenvalue weighted by Crippen LogP contribution is -2.26. The first-order chi connectivity index (χ1) is 8.31. The highest BCUT2D eigenvalue weighted by molar-refractivity contribution is 5.37. The minimum absolute atomic E-state index is 0.855. The summed E-state index contributed by atoms with van der Waals surface area (Å²) in [6.07, 6.45) is 3.91. The van der Waals surface area contributed by atoms with Crippen LogP contribution in [0.5, 0.6) is 5.75 Å². The van der Waals surface area contributed by atoms with Crippen LogP contribution in [0.1, 0.15) is 30.9 Å². The van der Waals surface area contributed by atoms with Crippen molar-refractivity contribution in [2.45, 2.75) is 38.8 Å². The molecule has 0 bridgehead atoms. The Morgan fingerprint density at radius 1 is 1.35 bits per heavy atom. The van der Waals surface area contributed by atoms with Gasteiger partial charge in [0.2, 0.25) is 0 Å².